The Bertz CT molecular complexity index is 1440. The van der Waals surface area contributed by atoms with Crippen LogP contribution < -0.4 is 10.2 Å². The number of piperidine rings is 3. The first-order valence-electron chi connectivity index (χ1n) is 14.7. The van der Waals surface area contributed by atoms with E-state index in [2.05, 4.69) is 5.32 Å². The molecule has 0 unspecified atom stereocenters. The van der Waals surface area contributed by atoms with Crippen LogP contribution in [0.5, 0.6) is 5.75 Å². The number of phenolic OH excluding ortho intramolecular Hbond substituents is 1. The van der Waals surface area contributed by atoms with Gasteiger partial charge >= 0.3 is 0 Å². The Morgan fingerprint density at radius 2 is 1.57 bits per heavy atom. The third kappa shape index (κ3) is 5.63. The van der Waals surface area contributed by atoms with Gasteiger partial charge in [0.05, 0.1) is 37.7 Å². The Labute approximate surface area is 244 Å². The van der Waals surface area contributed by atoms with Gasteiger partial charge in [-0.3, -0.25) is 9.59 Å². The predicted octanol–water partition coefficient (Wildman–Crippen LogP) is 5.46. The van der Waals surface area contributed by atoms with Crippen molar-refractivity contribution in [1.29, 1.82) is 0 Å². The van der Waals surface area contributed by atoms with E-state index >= 15 is 0 Å². The summed E-state index contributed by atoms with van der Waals surface area (Å²) in [5, 5.41) is 24.8. The molecule has 2 bridgehead atoms. The highest BCUT2D eigenvalue weighted by molar-refractivity contribution is 6.03. The lowest BCUT2D eigenvalue weighted by atomic mass is 9.78. The summed E-state index contributed by atoms with van der Waals surface area (Å²) in [6, 6.07) is 15.6. The zero-order valence-corrected chi connectivity index (χ0v) is 23.4. The molecule has 0 radical (unpaired) electrons. The quantitative estimate of drug-likeness (QED) is 0.233. The van der Waals surface area contributed by atoms with Gasteiger partial charge in [0.1, 0.15) is 17.4 Å². The predicted molar refractivity (Wildman–Crippen MR) is 155 cm³/mol. The van der Waals surface area contributed by atoms with Crippen molar-refractivity contribution in [3.8, 4) is 5.75 Å². The smallest absolute Gasteiger partial charge is 0.279 e. The van der Waals surface area contributed by atoms with Gasteiger partial charge in [-0.1, -0.05) is 18.2 Å². The number of rotatable bonds is 9. The van der Waals surface area contributed by atoms with Crippen LogP contribution in [0.15, 0.2) is 66.7 Å². The van der Waals surface area contributed by atoms with Gasteiger partial charge in [-0.05, 0) is 86.1 Å². The summed E-state index contributed by atoms with van der Waals surface area (Å²) >= 11 is 0. The van der Waals surface area contributed by atoms with E-state index < -0.39 is 29.7 Å². The Morgan fingerprint density at radius 3 is 2.19 bits per heavy atom. The van der Waals surface area contributed by atoms with Gasteiger partial charge in [0.25, 0.3) is 5.91 Å². The molecule has 3 N–H and O–H groups in total. The van der Waals surface area contributed by atoms with Crippen molar-refractivity contribution in [2.24, 2.45) is 11.8 Å². The van der Waals surface area contributed by atoms with Crippen molar-refractivity contribution in [2.75, 3.05) is 36.4 Å². The van der Waals surface area contributed by atoms with Crippen molar-refractivity contribution in [2.45, 2.75) is 44.2 Å². The van der Waals surface area contributed by atoms with E-state index in [0.29, 0.717) is 35.5 Å². The van der Waals surface area contributed by atoms with Crippen LogP contribution in [0.2, 0.25) is 0 Å². The average Bonchev–Trinajstić information content (AvgIpc) is 2.98. The fraction of sp³-hybridized carbons (Fsp3) is 0.394. The Morgan fingerprint density at radius 1 is 0.952 bits per heavy atom. The fourth-order valence-corrected chi connectivity index (χ4v) is 7.02. The number of aliphatic hydroxyl groups is 1. The summed E-state index contributed by atoms with van der Waals surface area (Å²) in [5.74, 6) is -0.910. The molecule has 220 valence electrons. The summed E-state index contributed by atoms with van der Waals surface area (Å²) in [7, 11) is 0. The van der Waals surface area contributed by atoms with E-state index in [-0.39, 0.29) is 24.0 Å². The summed E-state index contributed by atoms with van der Waals surface area (Å²) in [6.07, 6.45) is 3.21. The number of hydrogen-bond acceptors (Lipinski definition) is 4. The number of nitrogens with one attached hydrogen (secondary N) is 1. The number of amides is 2. The molecule has 0 aromatic heterocycles. The number of quaternary nitrogens is 1. The van der Waals surface area contributed by atoms with E-state index in [1.54, 1.807) is 12.1 Å². The van der Waals surface area contributed by atoms with Crippen molar-refractivity contribution >= 4 is 23.2 Å². The number of β-lactam (4-membered cyclic amide) rings is 1. The average molecular weight is 577 g/mol. The summed E-state index contributed by atoms with van der Waals surface area (Å²) < 4.78 is 27.8. The Kier molecular flexibility index (Phi) is 7.72. The standard InChI is InChI=1S/C33H35F2N3O4/c34-23-3-1-22(2-4-23)29(39)12-11-28-32(37(33(28)42)26-8-5-24(35)6-9-26)27-10-7-25(19-30(27)40)36-31(41)20-38-16-13-21(14-17-38)15-18-38/h1-10,19,21,28-29,32,39H,11-18,20H2,(H-,36,40,41)/p+1/t21?,28-,29+,32-,38?/m1/s1. The molecule has 7 nitrogen and oxygen atoms in total. The lowest BCUT2D eigenvalue weighted by Crippen LogP contribution is -2.60. The molecule has 0 saturated carbocycles. The molecule has 3 aromatic carbocycles. The van der Waals surface area contributed by atoms with Gasteiger partial charge in [0, 0.05) is 23.0 Å². The Balaban J connectivity index is 1.19. The summed E-state index contributed by atoms with van der Waals surface area (Å²) in [5.41, 5.74) is 2.03. The van der Waals surface area contributed by atoms with Crippen molar-refractivity contribution in [1.82, 2.24) is 0 Å². The van der Waals surface area contributed by atoms with E-state index in [9.17, 15) is 28.6 Å². The van der Waals surface area contributed by atoms with Gasteiger partial charge in [0.2, 0.25) is 5.91 Å². The molecular formula is C33H36F2N3O4+. The zero-order valence-electron chi connectivity index (χ0n) is 23.4. The van der Waals surface area contributed by atoms with E-state index in [1.165, 1.54) is 78.8 Å². The third-order valence-electron chi connectivity index (χ3n) is 9.47. The van der Waals surface area contributed by atoms with E-state index in [4.69, 9.17) is 0 Å². The number of carbonyl (C=O) groups excluding carboxylic acids is 2. The monoisotopic (exact) mass is 576 g/mol. The first-order valence-corrected chi connectivity index (χ1v) is 14.7. The maximum Gasteiger partial charge on any atom is 0.279 e. The number of hydrogen-bond donors (Lipinski definition) is 3. The SMILES string of the molecule is O=C(C[N+]12CCC(CC1)CC2)Nc1ccc([C@@H]2[C@@H](CC[C@H](O)c3ccc(F)cc3)C(=O)N2c2ccc(F)cc2)c(O)c1. The van der Waals surface area contributed by atoms with Crippen LogP contribution in [0.1, 0.15) is 55.4 Å². The van der Waals surface area contributed by atoms with E-state index in [1.807, 2.05) is 0 Å². The molecule has 4 saturated heterocycles. The number of nitrogens with zero attached hydrogens (tertiary/aromatic N) is 2. The molecule has 2 amide bonds. The molecule has 4 fully saturated rings. The second kappa shape index (κ2) is 11.5. The van der Waals surface area contributed by atoms with Crippen molar-refractivity contribution in [3.05, 3.63) is 89.5 Å². The van der Waals surface area contributed by atoms with Crippen LogP contribution in [-0.2, 0) is 9.59 Å². The first-order chi connectivity index (χ1) is 20.2. The molecule has 4 heterocycles. The molecule has 0 aliphatic carbocycles. The highest BCUT2D eigenvalue weighted by atomic mass is 19.1. The summed E-state index contributed by atoms with van der Waals surface area (Å²) in [6.45, 7) is 3.53. The normalized spacial score (nSPS) is 25.6. The van der Waals surface area contributed by atoms with Crippen LogP contribution in [0.4, 0.5) is 20.2 Å². The molecule has 4 aliphatic heterocycles. The van der Waals surface area contributed by atoms with Gasteiger partial charge in [0.15, 0.2) is 6.54 Å². The fourth-order valence-electron chi connectivity index (χ4n) is 7.02. The van der Waals surface area contributed by atoms with Gasteiger partial charge in [-0.15, -0.1) is 0 Å². The topological polar surface area (TPSA) is 89.9 Å². The highest BCUT2D eigenvalue weighted by Gasteiger charge is 2.49. The van der Waals surface area contributed by atoms with Crippen LogP contribution in [0.25, 0.3) is 0 Å². The van der Waals surface area contributed by atoms with Crippen LogP contribution >= 0.6 is 0 Å². The maximum atomic E-state index is 13.6. The number of aromatic hydroxyl groups is 1. The molecule has 3 atom stereocenters. The first kappa shape index (κ1) is 28.3. The lowest BCUT2D eigenvalue weighted by molar-refractivity contribution is -0.935. The van der Waals surface area contributed by atoms with Crippen LogP contribution in [0.3, 0.4) is 0 Å². The Hall–Kier alpha value is -3.82. The number of anilines is 2. The van der Waals surface area contributed by atoms with E-state index in [0.717, 1.165) is 30.0 Å². The number of phenols is 1. The molecular weight excluding hydrogens is 540 g/mol. The van der Waals surface area contributed by atoms with Gasteiger partial charge in [-0.25, -0.2) is 8.78 Å². The zero-order chi connectivity index (χ0) is 29.4. The van der Waals surface area contributed by atoms with Gasteiger partial charge in [-0.2, -0.15) is 0 Å². The second-order valence-corrected chi connectivity index (χ2v) is 12.1. The maximum absolute atomic E-state index is 13.6. The highest BCUT2D eigenvalue weighted by Crippen LogP contribution is 2.49. The molecule has 7 rings (SSSR count). The minimum atomic E-state index is -0.887. The van der Waals surface area contributed by atoms with Crippen molar-refractivity contribution < 1.29 is 33.1 Å². The number of fused-ring (bicyclic) bond motifs is 3. The summed E-state index contributed by atoms with van der Waals surface area (Å²) in [4.78, 5) is 27.9. The number of aliphatic hydroxyl groups excluding tert-OH is 1. The minimum absolute atomic E-state index is 0.0627. The number of benzene rings is 3. The number of halogens is 2. The molecule has 3 aromatic rings. The molecule has 42 heavy (non-hydrogen) atoms. The van der Waals surface area contributed by atoms with Crippen LogP contribution in [-0.4, -0.2) is 52.7 Å². The van der Waals surface area contributed by atoms with Gasteiger partial charge < -0.3 is 24.9 Å². The molecule has 4 aliphatic rings. The second-order valence-electron chi connectivity index (χ2n) is 12.1. The minimum Gasteiger partial charge on any atom is -0.508 e. The largest absolute Gasteiger partial charge is 0.508 e. The third-order valence-corrected chi connectivity index (χ3v) is 9.47. The molecule has 9 heteroatoms. The van der Waals surface area contributed by atoms with Crippen LogP contribution in [0, 0.1) is 23.5 Å². The number of carbonyl (C=O) groups is 2. The lowest BCUT2D eigenvalue weighted by Gasteiger charge is -2.48. The van der Waals surface area contributed by atoms with Crippen molar-refractivity contribution in [3.63, 3.8) is 0 Å². The molecule has 0 spiro atoms.